The lowest BCUT2D eigenvalue weighted by Gasteiger charge is -2.43. The summed E-state index contributed by atoms with van der Waals surface area (Å²) in [5, 5.41) is 10.1. The lowest BCUT2D eigenvalue weighted by molar-refractivity contribution is -0.118. The fourth-order valence-corrected chi connectivity index (χ4v) is 6.52. The van der Waals surface area contributed by atoms with Crippen LogP contribution in [0.25, 0.3) is 0 Å². The average Bonchev–Trinajstić information content (AvgIpc) is 3.07. The molecule has 1 unspecified atom stereocenters. The van der Waals surface area contributed by atoms with Crippen LogP contribution in [0.3, 0.4) is 0 Å². The molecule has 7 heteroatoms. The molecule has 2 heterocycles. The number of nitriles is 1. The highest BCUT2D eigenvalue weighted by atomic mass is 79.9. The zero-order chi connectivity index (χ0) is 22.5. The van der Waals surface area contributed by atoms with Gasteiger partial charge in [-0.05, 0) is 64.5 Å². The quantitative estimate of drug-likeness (QED) is 0.549. The van der Waals surface area contributed by atoms with Crippen molar-refractivity contribution < 1.29 is 9.18 Å². The molecule has 4 rings (SSSR count). The van der Waals surface area contributed by atoms with Gasteiger partial charge in [-0.15, -0.1) is 11.3 Å². The van der Waals surface area contributed by atoms with Crippen LogP contribution in [-0.2, 0) is 11.2 Å². The van der Waals surface area contributed by atoms with Gasteiger partial charge in [-0.25, -0.2) is 4.39 Å². The van der Waals surface area contributed by atoms with E-state index in [0.717, 1.165) is 26.3 Å². The van der Waals surface area contributed by atoms with Crippen molar-refractivity contribution in [2.75, 3.05) is 4.90 Å². The standard InChI is InChI=1S/C24H23BrFN3OS/c1-4-19-16(25)9-20(31-19)21-15(12-27)23(28)29(14-7-5-13(26)6-8-14)17-10-24(2,3)11-18(30)22(17)21/h5-9,21H,4,10-11,28H2,1-3H3. The number of anilines is 1. The van der Waals surface area contributed by atoms with E-state index < -0.39 is 5.92 Å². The lowest BCUT2D eigenvalue weighted by Crippen LogP contribution is -2.42. The Labute approximate surface area is 194 Å². The second kappa shape index (κ2) is 7.92. The smallest absolute Gasteiger partial charge is 0.162 e. The first-order valence-electron chi connectivity index (χ1n) is 10.2. The number of benzene rings is 1. The van der Waals surface area contributed by atoms with Crippen LogP contribution >= 0.6 is 27.3 Å². The second-order valence-corrected chi connectivity index (χ2v) is 10.8. The molecule has 160 valence electrons. The summed E-state index contributed by atoms with van der Waals surface area (Å²) in [4.78, 5) is 17.3. The molecule has 1 aliphatic carbocycles. The number of nitrogens with two attached hydrogens (primary N) is 1. The minimum atomic E-state index is -0.484. The van der Waals surface area contributed by atoms with Gasteiger partial charge in [0, 0.05) is 37.6 Å². The maximum Gasteiger partial charge on any atom is 0.162 e. The SMILES string of the molecule is CCc1sc(C2C(C#N)=C(N)N(c3ccc(F)cc3)C3=C2C(=O)CC(C)(C)C3)cc1Br. The highest BCUT2D eigenvalue weighted by Crippen LogP contribution is 2.51. The number of allylic oxidation sites excluding steroid dienone is 3. The van der Waals surface area contributed by atoms with Gasteiger partial charge in [0.1, 0.15) is 11.6 Å². The van der Waals surface area contributed by atoms with Crippen molar-refractivity contribution in [1.82, 2.24) is 0 Å². The zero-order valence-corrected chi connectivity index (χ0v) is 20.0. The molecule has 0 spiro atoms. The van der Waals surface area contributed by atoms with Crippen LogP contribution in [0.2, 0.25) is 0 Å². The van der Waals surface area contributed by atoms with Gasteiger partial charge in [0.25, 0.3) is 0 Å². The van der Waals surface area contributed by atoms with E-state index in [1.54, 1.807) is 28.4 Å². The van der Waals surface area contributed by atoms with Crippen LogP contribution in [0.4, 0.5) is 10.1 Å². The number of nitrogens with zero attached hydrogens (tertiary/aromatic N) is 2. The number of hydrogen-bond acceptors (Lipinski definition) is 5. The summed E-state index contributed by atoms with van der Waals surface area (Å²) in [5.74, 6) is -0.509. The van der Waals surface area contributed by atoms with Crippen LogP contribution in [-0.4, -0.2) is 5.78 Å². The van der Waals surface area contributed by atoms with Gasteiger partial charge in [0.2, 0.25) is 0 Å². The number of carbonyl (C=O) groups is 1. The molecule has 0 radical (unpaired) electrons. The van der Waals surface area contributed by atoms with E-state index in [4.69, 9.17) is 5.73 Å². The first-order valence-corrected chi connectivity index (χ1v) is 11.8. The van der Waals surface area contributed by atoms with Crippen LogP contribution in [0.1, 0.15) is 49.3 Å². The van der Waals surface area contributed by atoms with Crippen LogP contribution < -0.4 is 10.6 Å². The van der Waals surface area contributed by atoms with Crippen molar-refractivity contribution in [2.45, 2.75) is 46.0 Å². The van der Waals surface area contributed by atoms with Crippen LogP contribution in [0.15, 0.2) is 57.5 Å². The lowest BCUT2D eigenvalue weighted by atomic mass is 9.69. The Morgan fingerprint density at radius 1 is 1.32 bits per heavy atom. The predicted octanol–water partition coefficient (Wildman–Crippen LogP) is 6.15. The van der Waals surface area contributed by atoms with Crippen molar-refractivity contribution in [3.8, 4) is 6.07 Å². The summed E-state index contributed by atoms with van der Waals surface area (Å²) in [7, 11) is 0. The van der Waals surface area contributed by atoms with Crippen LogP contribution in [0.5, 0.6) is 0 Å². The summed E-state index contributed by atoms with van der Waals surface area (Å²) in [6.45, 7) is 6.19. The van der Waals surface area contributed by atoms with E-state index in [9.17, 15) is 14.4 Å². The number of carbonyl (C=O) groups excluding carboxylic acids is 1. The zero-order valence-electron chi connectivity index (χ0n) is 17.6. The first kappa shape index (κ1) is 21.8. The van der Waals surface area contributed by atoms with Crippen molar-refractivity contribution in [3.05, 3.63) is 73.0 Å². The molecular weight excluding hydrogens is 477 g/mol. The van der Waals surface area contributed by atoms with Crippen molar-refractivity contribution in [3.63, 3.8) is 0 Å². The summed E-state index contributed by atoms with van der Waals surface area (Å²) in [5.41, 5.74) is 8.77. The van der Waals surface area contributed by atoms with E-state index >= 15 is 0 Å². The van der Waals surface area contributed by atoms with Crippen LogP contribution in [0, 0.1) is 22.6 Å². The largest absolute Gasteiger partial charge is 0.384 e. The topological polar surface area (TPSA) is 70.1 Å². The minimum Gasteiger partial charge on any atom is -0.384 e. The molecule has 2 aromatic rings. The van der Waals surface area contributed by atoms with Gasteiger partial charge in [-0.3, -0.25) is 9.69 Å². The maximum atomic E-state index is 13.6. The summed E-state index contributed by atoms with van der Waals surface area (Å²) < 4.78 is 14.6. The molecule has 4 nitrogen and oxygen atoms in total. The van der Waals surface area contributed by atoms with Gasteiger partial charge in [0.05, 0.1) is 17.6 Å². The third-order valence-corrected chi connectivity index (χ3v) is 8.16. The number of halogens is 2. The fraction of sp³-hybridized carbons (Fsp3) is 0.333. The Morgan fingerprint density at radius 3 is 2.58 bits per heavy atom. The van der Waals surface area contributed by atoms with E-state index in [1.807, 2.05) is 6.07 Å². The molecular formula is C24H23BrFN3OS. The van der Waals surface area contributed by atoms with E-state index in [2.05, 4.69) is 42.8 Å². The van der Waals surface area contributed by atoms with Gasteiger partial charge >= 0.3 is 0 Å². The Bertz CT molecular complexity index is 1170. The van der Waals surface area contributed by atoms with Gasteiger partial charge < -0.3 is 5.73 Å². The van der Waals surface area contributed by atoms with Gasteiger partial charge in [0.15, 0.2) is 5.78 Å². The highest BCUT2D eigenvalue weighted by Gasteiger charge is 2.45. The molecule has 0 fully saturated rings. The number of aryl methyl sites for hydroxylation is 1. The molecule has 1 atom stereocenters. The first-order chi connectivity index (χ1) is 14.7. The van der Waals surface area contributed by atoms with Crippen molar-refractivity contribution in [2.24, 2.45) is 11.1 Å². The molecule has 1 aliphatic heterocycles. The molecule has 2 N–H and O–H groups in total. The third kappa shape index (κ3) is 3.72. The van der Waals surface area contributed by atoms with Gasteiger partial charge in [-0.1, -0.05) is 20.8 Å². The summed E-state index contributed by atoms with van der Waals surface area (Å²) >= 11 is 5.21. The van der Waals surface area contributed by atoms with Crippen molar-refractivity contribution in [1.29, 1.82) is 5.26 Å². The predicted molar refractivity (Wildman–Crippen MR) is 125 cm³/mol. The third-order valence-electron chi connectivity index (χ3n) is 5.85. The Balaban J connectivity index is 1.99. The van der Waals surface area contributed by atoms with E-state index in [-0.39, 0.29) is 17.0 Å². The average molecular weight is 500 g/mol. The Kier molecular flexibility index (Phi) is 5.57. The molecule has 0 amide bonds. The number of hydrogen-bond donors (Lipinski definition) is 1. The molecule has 31 heavy (non-hydrogen) atoms. The summed E-state index contributed by atoms with van der Waals surface area (Å²) in [6, 6.07) is 10.3. The number of Topliss-reactive ketones (excluding diaryl/α,β-unsaturated/α-hetero) is 1. The minimum absolute atomic E-state index is 0.0335. The number of rotatable bonds is 3. The molecule has 2 aliphatic rings. The normalized spacial score (nSPS) is 20.7. The molecule has 0 bridgehead atoms. The molecule has 1 aromatic carbocycles. The fourth-order valence-electron chi connectivity index (χ4n) is 4.49. The van der Waals surface area contributed by atoms with Gasteiger partial charge in [-0.2, -0.15) is 5.26 Å². The second-order valence-electron chi connectivity index (χ2n) is 8.73. The monoisotopic (exact) mass is 499 g/mol. The Hall–Kier alpha value is -2.43. The number of ketones is 1. The molecule has 1 aromatic heterocycles. The van der Waals surface area contributed by atoms with E-state index in [1.165, 1.54) is 12.1 Å². The Morgan fingerprint density at radius 2 is 2.00 bits per heavy atom. The van der Waals surface area contributed by atoms with E-state index in [0.29, 0.717) is 35.5 Å². The molecule has 0 saturated carbocycles. The van der Waals surface area contributed by atoms with Crippen molar-refractivity contribution >= 4 is 38.7 Å². The highest BCUT2D eigenvalue weighted by molar-refractivity contribution is 9.10. The molecule has 0 saturated heterocycles. The maximum absolute atomic E-state index is 13.6. The number of thiophene rings is 1. The summed E-state index contributed by atoms with van der Waals surface area (Å²) in [6.07, 6.45) is 1.90.